The van der Waals surface area contributed by atoms with Crippen molar-refractivity contribution in [3.05, 3.63) is 48.0 Å². The molecule has 2 rings (SSSR count). The number of nitrogens with zero attached hydrogens (tertiary/aromatic N) is 2. The van der Waals surface area contributed by atoms with Crippen molar-refractivity contribution in [3.8, 4) is 5.75 Å². The van der Waals surface area contributed by atoms with Gasteiger partial charge in [-0.05, 0) is 30.5 Å². The molecule has 4 nitrogen and oxygen atoms in total. The Morgan fingerprint density at radius 2 is 2.05 bits per heavy atom. The van der Waals surface area contributed by atoms with Crippen LogP contribution in [0, 0.1) is 0 Å². The van der Waals surface area contributed by atoms with Gasteiger partial charge in [-0.25, -0.2) is 4.98 Å². The molecule has 0 spiro atoms. The Morgan fingerprint density at radius 3 is 2.70 bits per heavy atom. The Balaban J connectivity index is 1.87. The molecule has 0 fully saturated rings. The molecule has 1 aromatic heterocycles. The minimum Gasteiger partial charge on any atom is -0.497 e. The number of methoxy groups -OCH3 is 1. The van der Waals surface area contributed by atoms with Gasteiger partial charge in [0.2, 0.25) is 0 Å². The monoisotopic (exact) mass is 273 g/mol. The van der Waals surface area contributed by atoms with Crippen LogP contribution < -0.4 is 10.5 Å². The molecule has 0 aliphatic rings. The highest BCUT2D eigenvalue weighted by molar-refractivity contribution is 5.27. The number of nitrogens with two attached hydrogens (primary N) is 1. The zero-order chi connectivity index (χ0) is 14.4. The zero-order valence-corrected chi connectivity index (χ0v) is 12.2. The quantitative estimate of drug-likeness (QED) is 0.843. The summed E-state index contributed by atoms with van der Waals surface area (Å²) in [6.45, 7) is 3.03. The van der Waals surface area contributed by atoms with E-state index in [-0.39, 0.29) is 6.04 Å². The van der Waals surface area contributed by atoms with Gasteiger partial charge in [-0.15, -0.1) is 0 Å². The summed E-state index contributed by atoms with van der Waals surface area (Å²) in [6, 6.07) is 8.40. The molecule has 1 heterocycles. The van der Waals surface area contributed by atoms with Crippen molar-refractivity contribution in [2.24, 2.45) is 5.73 Å². The highest BCUT2D eigenvalue weighted by Crippen LogP contribution is 2.12. The summed E-state index contributed by atoms with van der Waals surface area (Å²) in [6.07, 6.45) is 6.81. The highest BCUT2D eigenvalue weighted by atomic mass is 16.5. The normalized spacial score (nSPS) is 12.3. The lowest BCUT2D eigenvalue weighted by molar-refractivity contribution is 0.414. The molecule has 1 atom stereocenters. The van der Waals surface area contributed by atoms with Crippen LogP contribution in [-0.2, 0) is 19.4 Å². The van der Waals surface area contributed by atoms with Crippen LogP contribution in [0.25, 0.3) is 0 Å². The van der Waals surface area contributed by atoms with Crippen LogP contribution in [0.5, 0.6) is 5.75 Å². The van der Waals surface area contributed by atoms with Crippen molar-refractivity contribution in [1.82, 2.24) is 9.55 Å². The molecule has 2 N–H and O–H groups in total. The summed E-state index contributed by atoms with van der Waals surface area (Å²) in [5.41, 5.74) is 8.32. The van der Waals surface area contributed by atoms with Crippen LogP contribution in [0.2, 0.25) is 0 Å². The Bertz CT molecular complexity index is 519. The van der Waals surface area contributed by atoms with E-state index in [1.807, 2.05) is 18.5 Å². The lowest BCUT2D eigenvalue weighted by atomic mass is 10.1. The van der Waals surface area contributed by atoms with E-state index in [1.54, 1.807) is 7.11 Å². The van der Waals surface area contributed by atoms with E-state index in [1.165, 1.54) is 5.56 Å². The maximum atomic E-state index is 5.95. The maximum Gasteiger partial charge on any atom is 0.118 e. The van der Waals surface area contributed by atoms with Gasteiger partial charge in [0.25, 0.3) is 0 Å². The summed E-state index contributed by atoms with van der Waals surface area (Å²) in [4.78, 5) is 4.41. The molecular formula is C16H23N3O. The third-order valence-electron chi connectivity index (χ3n) is 3.50. The molecule has 0 amide bonds. The van der Waals surface area contributed by atoms with Gasteiger partial charge < -0.3 is 15.0 Å². The van der Waals surface area contributed by atoms with Gasteiger partial charge in [0.15, 0.2) is 0 Å². The first kappa shape index (κ1) is 14.6. The standard InChI is InChI=1S/C16H23N3O/c1-3-14(17)10-15-11-19(12-18-15)9-8-13-4-6-16(20-2)7-5-13/h4-7,11-12,14H,3,8-10,17H2,1-2H3. The Labute approximate surface area is 120 Å². The average Bonchev–Trinajstić information content (AvgIpc) is 2.93. The minimum atomic E-state index is 0.208. The van der Waals surface area contributed by atoms with Gasteiger partial charge in [-0.1, -0.05) is 19.1 Å². The summed E-state index contributed by atoms with van der Waals surface area (Å²) in [7, 11) is 1.68. The number of ether oxygens (including phenoxy) is 1. The van der Waals surface area contributed by atoms with Crippen molar-refractivity contribution >= 4 is 0 Å². The number of hydrogen-bond donors (Lipinski definition) is 1. The van der Waals surface area contributed by atoms with Gasteiger partial charge >= 0.3 is 0 Å². The topological polar surface area (TPSA) is 53.1 Å². The van der Waals surface area contributed by atoms with Crippen LogP contribution >= 0.6 is 0 Å². The van der Waals surface area contributed by atoms with Gasteiger partial charge in [0.1, 0.15) is 5.75 Å². The Kier molecular flexibility index (Phi) is 5.18. The van der Waals surface area contributed by atoms with Crippen molar-refractivity contribution in [3.63, 3.8) is 0 Å². The van der Waals surface area contributed by atoms with Crippen molar-refractivity contribution in [2.45, 2.75) is 38.8 Å². The highest BCUT2D eigenvalue weighted by Gasteiger charge is 2.04. The summed E-state index contributed by atoms with van der Waals surface area (Å²) in [5.74, 6) is 0.896. The third-order valence-corrected chi connectivity index (χ3v) is 3.50. The molecule has 4 heteroatoms. The second-order valence-electron chi connectivity index (χ2n) is 5.07. The molecule has 2 aromatic rings. The van der Waals surface area contributed by atoms with Crippen molar-refractivity contribution in [2.75, 3.05) is 7.11 Å². The summed E-state index contributed by atoms with van der Waals surface area (Å²) < 4.78 is 7.28. The van der Waals surface area contributed by atoms with Crippen molar-refractivity contribution < 1.29 is 4.74 Å². The number of aryl methyl sites for hydroxylation is 2. The SMILES string of the molecule is CCC(N)Cc1cn(CCc2ccc(OC)cc2)cn1. The van der Waals surface area contributed by atoms with Gasteiger partial charge in [0, 0.05) is 25.2 Å². The fourth-order valence-electron chi connectivity index (χ4n) is 2.10. The molecule has 0 saturated heterocycles. The summed E-state index contributed by atoms with van der Waals surface area (Å²) in [5, 5.41) is 0. The van der Waals surface area contributed by atoms with E-state index in [2.05, 4.69) is 34.8 Å². The number of imidazole rings is 1. The molecule has 0 aliphatic carbocycles. The first-order valence-electron chi connectivity index (χ1n) is 7.10. The van der Waals surface area contributed by atoms with E-state index in [0.29, 0.717) is 0 Å². The first-order valence-corrected chi connectivity index (χ1v) is 7.10. The second-order valence-corrected chi connectivity index (χ2v) is 5.07. The number of aromatic nitrogens is 2. The molecule has 20 heavy (non-hydrogen) atoms. The van der Waals surface area contributed by atoms with Crippen LogP contribution in [0.3, 0.4) is 0 Å². The van der Waals surface area contributed by atoms with Gasteiger partial charge in [0.05, 0.1) is 19.1 Å². The van der Waals surface area contributed by atoms with Crippen LogP contribution in [0.15, 0.2) is 36.8 Å². The third kappa shape index (κ3) is 4.10. The van der Waals surface area contributed by atoms with Crippen LogP contribution in [0.4, 0.5) is 0 Å². The predicted octanol–water partition coefficient (Wildman–Crippen LogP) is 2.41. The van der Waals surface area contributed by atoms with E-state index < -0.39 is 0 Å². The molecular weight excluding hydrogens is 250 g/mol. The van der Waals surface area contributed by atoms with Gasteiger partial charge in [-0.3, -0.25) is 0 Å². The van der Waals surface area contributed by atoms with E-state index >= 15 is 0 Å². The number of hydrogen-bond acceptors (Lipinski definition) is 3. The predicted molar refractivity (Wildman–Crippen MR) is 80.9 cm³/mol. The molecule has 0 aliphatic heterocycles. The smallest absolute Gasteiger partial charge is 0.118 e. The summed E-state index contributed by atoms with van der Waals surface area (Å²) >= 11 is 0. The molecule has 1 unspecified atom stereocenters. The number of rotatable bonds is 7. The fraction of sp³-hybridized carbons (Fsp3) is 0.438. The lowest BCUT2D eigenvalue weighted by Crippen LogP contribution is -2.21. The van der Waals surface area contributed by atoms with Gasteiger partial charge in [-0.2, -0.15) is 0 Å². The van der Waals surface area contributed by atoms with E-state index in [9.17, 15) is 0 Å². The molecule has 0 saturated carbocycles. The van der Waals surface area contributed by atoms with E-state index in [4.69, 9.17) is 10.5 Å². The second kappa shape index (κ2) is 7.10. The van der Waals surface area contributed by atoms with Crippen LogP contribution in [-0.4, -0.2) is 22.7 Å². The fourth-order valence-corrected chi connectivity index (χ4v) is 2.10. The molecule has 0 radical (unpaired) electrons. The van der Waals surface area contributed by atoms with E-state index in [0.717, 1.165) is 37.3 Å². The van der Waals surface area contributed by atoms with Crippen molar-refractivity contribution in [1.29, 1.82) is 0 Å². The largest absolute Gasteiger partial charge is 0.497 e. The Morgan fingerprint density at radius 1 is 1.30 bits per heavy atom. The minimum absolute atomic E-state index is 0.208. The Hall–Kier alpha value is -1.81. The molecule has 0 bridgehead atoms. The number of benzene rings is 1. The van der Waals surface area contributed by atoms with Crippen LogP contribution in [0.1, 0.15) is 24.6 Å². The maximum absolute atomic E-state index is 5.95. The zero-order valence-electron chi connectivity index (χ0n) is 12.2. The average molecular weight is 273 g/mol. The molecule has 1 aromatic carbocycles. The lowest BCUT2D eigenvalue weighted by Gasteiger charge is -2.05. The first-order chi connectivity index (χ1) is 9.71. The molecule has 108 valence electrons.